The molecule has 2 atom stereocenters. The van der Waals surface area contributed by atoms with E-state index < -0.39 is 12.0 Å². The van der Waals surface area contributed by atoms with Gasteiger partial charge in [0.25, 0.3) is 0 Å². The van der Waals surface area contributed by atoms with Crippen LogP contribution in [0.1, 0.15) is 18.4 Å². The molecule has 2 rings (SSSR count). The highest BCUT2D eigenvalue weighted by molar-refractivity contribution is 7.96. The predicted octanol–water partition coefficient (Wildman–Crippen LogP) is 0.752. The van der Waals surface area contributed by atoms with Crippen molar-refractivity contribution in [2.24, 2.45) is 5.73 Å². The molecule has 6 N–H and O–H groups in total. The molecule has 138 valence electrons. The van der Waals surface area contributed by atoms with Gasteiger partial charge in [-0.25, -0.2) is 0 Å². The van der Waals surface area contributed by atoms with E-state index in [1.807, 2.05) is 24.3 Å². The van der Waals surface area contributed by atoms with Gasteiger partial charge in [-0.15, -0.1) is 12.6 Å². The van der Waals surface area contributed by atoms with Gasteiger partial charge in [0.2, 0.25) is 5.12 Å². The van der Waals surface area contributed by atoms with Gasteiger partial charge in [0.05, 0.1) is 6.04 Å². The van der Waals surface area contributed by atoms with Crippen LogP contribution in [0.25, 0.3) is 0 Å². The molecule has 0 saturated carbocycles. The lowest BCUT2D eigenvalue weighted by atomic mass is 10.1. The fourth-order valence-electron chi connectivity index (χ4n) is 2.15. The van der Waals surface area contributed by atoms with Crippen LogP contribution in [0.3, 0.4) is 0 Å². The van der Waals surface area contributed by atoms with E-state index in [0.717, 1.165) is 30.6 Å². The molecule has 1 heterocycles. The van der Waals surface area contributed by atoms with Crippen LogP contribution in [0.4, 0.5) is 5.69 Å². The van der Waals surface area contributed by atoms with Crippen molar-refractivity contribution >= 4 is 46.7 Å². The largest absolute Gasteiger partial charge is 0.480 e. The number of anilines is 1. The lowest BCUT2D eigenvalue weighted by Crippen LogP contribution is -2.32. The minimum absolute atomic E-state index is 0.0255. The van der Waals surface area contributed by atoms with E-state index in [2.05, 4.69) is 28.6 Å². The number of aliphatic carboxylic acids is 1. The number of thiocarbonyl (C=S) groups is 1. The second kappa shape index (κ2) is 11.0. The molecule has 1 aromatic rings. The van der Waals surface area contributed by atoms with Crippen LogP contribution in [0.2, 0.25) is 0 Å². The van der Waals surface area contributed by atoms with Crippen LogP contribution >= 0.6 is 24.8 Å². The summed E-state index contributed by atoms with van der Waals surface area (Å²) in [5.41, 5.74) is 7.16. The van der Waals surface area contributed by atoms with Crippen molar-refractivity contribution in [3.8, 4) is 0 Å². The Morgan fingerprint density at radius 1 is 1.44 bits per heavy atom. The summed E-state index contributed by atoms with van der Waals surface area (Å²) in [5, 5.41) is 18.0. The summed E-state index contributed by atoms with van der Waals surface area (Å²) >= 11 is 8.65. The first kappa shape index (κ1) is 21.4. The van der Waals surface area contributed by atoms with Gasteiger partial charge in [0.15, 0.2) is 5.11 Å². The molecule has 1 saturated heterocycles. The number of carboxylic acid groups (broad SMARTS) is 1. The zero-order chi connectivity index (χ0) is 18.8. The highest BCUT2D eigenvalue weighted by Crippen LogP contribution is 2.11. The molecule has 1 aliphatic heterocycles. The summed E-state index contributed by atoms with van der Waals surface area (Å²) in [6.45, 7) is 0.969. The lowest BCUT2D eigenvalue weighted by Gasteiger charge is -2.09. The summed E-state index contributed by atoms with van der Waals surface area (Å²) in [4.78, 5) is 21.0. The van der Waals surface area contributed by atoms with E-state index in [1.54, 1.807) is 7.05 Å². The third-order valence-corrected chi connectivity index (χ3v) is 4.19. The van der Waals surface area contributed by atoms with E-state index in [4.69, 9.17) is 23.1 Å². The van der Waals surface area contributed by atoms with Crippen LogP contribution in [-0.2, 0) is 16.0 Å². The summed E-state index contributed by atoms with van der Waals surface area (Å²) in [5.74, 6) is -0.997. The van der Waals surface area contributed by atoms with E-state index >= 15 is 0 Å². The standard InChI is InChI=1S/C11H15N3O2S.C5H9NOS/c1-13-11(17)14-8-4-2-7(3-5-8)6-9(12)10(15)16;7-5(8)4-2-1-3-6-4/h2-5,9H,6,12H2,1H3,(H,15,16)(H2,13,14,17);4,6H,1-3H2,(H,7,8)/t9-;4-/m00/s1. The zero-order valence-corrected chi connectivity index (χ0v) is 15.7. The van der Waals surface area contributed by atoms with Crippen LogP contribution < -0.4 is 21.7 Å². The zero-order valence-electron chi connectivity index (χ0n) is 14.0. The van der Waals surface area contributed by atoms with Gasteiger partial charge < -0.3 is 26.8 Å². The molecule has 0 bridgehead atoms. The summed E-state index contributed by atoms with van der Waals surface area (Å²) in [7, 11) is 1.73. The van der Waals surface area contributed by atoms with Crippen molar-refractivity contribution in [2.75, 3.05) is 18.9 Å². The Labute approximate surface area is 158 Å². The average Bonchev–Trinajstić information content (AvgIpc) is 3.12. The number of hydrogen-bond acceptors (Lipinski definition) is 5. The lowest BCUT2D eigenvalue weighted by molar-refractivity contribution is -0.138. The van der Waals surface area contributed by atoms with Gasteiger partial charge in [0.1, 0.15) is 6.04 Å². The number of hydrogen-bond donors (Lipinski definition) is 6. The fourth-order valence-corrected chi connectivity index (χ4v) is 2.49. The minimum Gasteiger partial charge on any atom is -0.480 e. The van der Waals surface area contributed by atoms with Gasteiger partial charge in [-0.1, -0.05) is 12.1 Å². The van der Waals surface area contributed by atoms with Gasteiger partial charge in [-0.3, -0.25) is 9.59 Å². The Morgan fingerprint density at radius 3 is 2.48 bits per heavy atom. The van der Waals surface area contributed by atoms with E-state index in [9.17, 15) is 9.59 Å². The van der Waals surface area contributed by atoms with Gasteiger partial charge in [0, 0.05) is 12.7 Å². The first-order chi connectivity index (χ1) is 11.8. The number of rotatable bonds is 5. The smallest absolute Gasteiger partial charge is 0.320 e. The molecular weight excluding hydrogens is 360 g/mol. The highest BCUT2D eigenvalue weighted by atomic mass is 32.1. The maximum absolute atomic E-state index is 10.6. The number of carboxylic acids is 1. The van der Waals surface area contributed by atoms with Crippen LogP contribution in [0.5, 0.6) is 0 Å². The predicted molar refractivity (Wildman–Crippen MR) is 106 cm³/mol. The van der Waals surface area contributed by atoms with Crippen molar-refractivity contribution in [3.63, 3.8) is 0 Å². The van der Waals surface area contributed by atoms with Gasteiger partial charge in [-0.05, 0) is 55.7 Å². The van der Waals surface area contributed by atoms with Crippen molar-refractivity contribution in [3.05, 3.63) is 29.8 Å². The maximum atomic E-state index is 10.6. The quantitative estimate of drug-likeness (QED) is 0.325. The van der Waals surface area contributed by atoms with Crippen molar-refractivity contribution < 1.29 is 14.7 Å². The number of nitrogens with two attached hydrogens (primary N) is 1. The SMILES string of the molecule is CNC(=S)Nc1ccc(C[C@H](N)C(=O)O)cc1.O=C(S)[C@@H]1CCCN1. The van der Waals surface area contributed by atoms with E-state index in [1.165, 1.54) is 0 Å². The molecule has 0 spiro atoms. The minimum atomic E-state index is -0.997. The number of nitrogens with one attached hydrogen (secondary N) is 3. The van der Waals surface area contributed by atoms with Gasteiger partial charge >= 0.3 is 5.97 Å². The molecule has 1 aromatic carbocycles. The monoisotopic (exact) mass is 384 g/mol. The Hall–Kier alpha value is -1.68. The molecule has 7 nitrogen and oxygen atoms in total. The number of carbonyl (C=O) groups excluding carboxylic acids is 1. The van der Waals surface area contributed by atoms with Crippen molar-refractivity contribution in [2.45, 2.75) is 31.3 Å². The van der Waals surface area contributed by atoms with Crippen LogP contribution in [0.15, 0.2) is 24.3 Å². The highest BCUT2D eigenvalue weighted by Gasteiger charge is 2.18. The molecule has 25 heavy (non-hydrogen) atoms. The van der Waals surface area contributed by atoms with Crippen molar-refractivity contribution in [1.82, 2.24) is 10.6 Å². The molecular formula is C16H24N4O3S2. The second-order valence-corrected chi connectivity index (χ2v) is 6.39. The van der Waals surface area contributed by atoms with Gasteiger partial charge in [-0.2, -0.15) is 0 Å². The Bertz CT molecular complexity index is 590. The first-order valence-corrected chi connectivity index (χ1v) is 8.71. The number of carbonyl (C=O) groups is 2. The normalized spacial score (nSPS) is 17.0. The molecule has 0 radical (unpaired) electrons. The fraction of sp³-hybridized carbons (Fsp3) is 0.438. The molecule has 0 unspecified atom stereocenters. The molecule has 0 amide bonds. The third-order valence-electron chi connectivity index (χ3n) is 3.57. The second-order valence-electron chi connectivity index (χ2n) is 5.54. The Kier molecular flexibility index (Phi) is 9.43. The molecule has 0 aliphatic carbocycles. The third kappa shape index (κ3) is 8.30. The summed E-state index contributed by atoms with van der Waals surface area (Å²) in [6.07, 6.45) is 2.38. The van der Waals surface area contributed by atoms with E-state index in [0.29, 0.717) is 11.5 Å². The van der Waals surface area contributed by atoms with Crippen molar-refractivity contribution in [1.29, 1.82) is 0 Å². The topological polar surface area (TPSA) is 116 Å². The molecule has 0 aromatic heterocycles. The number of thiol groups is 1. The summed E-state index contributed by atoms with van der Waals surface area (Å²) in [6, 6.07) is 6.47. The first-order valence-electron chi connectivity index (χ1n) is 7.85. The van der Waals surface area contributed by atoms with Crippen LogP contribution in [0, 0.1) is 0 Å². The maximum Gasteiger partial charge on any atom is 0.320 e. The molecule has 1 fully saturated rings. The van der Waals surface area contributed by atoms with E-state index in [-0.39, 0.29) is 11.2 Å². The Balaban J connectivity index is 0.000000324. The molecule has 1 aliphatic rings. The average molecular weight is 385 g/mol. The summed E-state index contributed by atoms with van der Waals surface area (Å²) < 4.78 is 0. The molecule has 9 heteroatoms. The van der Waals surface area contributed by atoms with Crippen LogP contribution in [-0.4, -0.2) is 47.0 Å². The number of benzene rings is 1. The Morgan fingerprint density at radius 2 is 2.08 bits per heavy atom.